The SMILES string of the molecule is COC=C1[C@@H]2C=C[C@H]1[C@@H](OC(C)=O)C2. The summed E-state index contributed by atoms with van der Waals surface area (Å²) in [6.07, 6.45) is 6.96. The summed E-state index contributed by atoms with van der Waals surface area (Å²) in [6, 6.07) is 0. The number of esters is 1. The van der Waals surface area contributed by atoms with E-state index in [9.17, 15) is 4.79 Å². The summed E-state index contributed by atoms with van der Waals surface area (Å²) in [5.41, 5.74) is 1.23. The zero-order chi connectivity index (χ0) is 10.1. The van der Waals surface area contributed by atoms with Crippen LogP contribution in [0.5, 0.6) is 0 Å². The van der Waals surface area contributed by atoms with Crippen molar-refractivity contribution >= 4 is 5.97 Å². The molecule has 2 rings (SSSR count). The number of carbonyl (C=O) groups is 1. The van der Waals surface area contributed by atoms with E-state index in [0.29, 0.717) is 5.92 Å². The predicted molar refractivity (Wildman–Crippen MR) is 51.4 cm³/mol. The van der Waals surface area contributed by atoms with Crippen LogP contribution in [0.2, 0.25) is 0 Å². The minimum atomic E-state index is -0.201. The summed E-state index contributed by atoms with van der Waals surface area (Å²) < 4.78 is 10.3. The van der Waals surface area contributed by atoms with Crippen molar-refractivity contribution in [3.05, 3.63) is 24.0 Å². The number of allylic oxidation sites excluding steroid dienone is 1. The normalized spacial score (nSPS) is 36.4. The molecule has 0 aromatic carbocycles. The van der Waals surface area contributed by atoms with Gasteiger partial charge in [0.2, 0.25) is 0 Å². The summed E-state index contributed by atoms with van der Waals surface area (Å²) in [6.45, 7) is 1.45. The molecule has 0 unspecified atom stereocenters. The van der Waals surface area contributed by atoms with Crippen LogP contribution >= 0.6 is 0 Å². The maximum absolute atomic E-state index is 10.8. The largest absolute Gasteiger partial charge is 0.504 e. The number of hydrogen-bond donors (Lipinski definition) is 0. The Balaban J connectivity index is 2.11. The van der Waals surface area contributed by atoms with Crippen LogP contribution in [0.25, 0.3) is 0 Å². The van der Waals surface area contributed by atoms with Crippen LogP contribution in [0.15, 0.2) is 24.0 Å². The van der Waals surface area contributed by atoms with Crippen LogP contribution in [0.3, 0.4) is 0 Å². The third-order valence-electron chi connectivity index (χ3n) is 2.82. The second-order valence-corrected chi connectivity index (χ2v) is 3.75. The molecule has 2 aliphatic rings. The highest BCUT2D eigenvalue weighted by atomic mass is 16.5. The minimum absolute atomic E-state index is 0.0175. The molecule has 0 aromatic rings. The molecule has 0 spiro atoms. The van der Waals surface area contributed by atoms with Crippen molar-refractivity contribution in [3.63, 3.8) is 0 Å². The molecular formula is C11H14O3. The number of ether oxygens (including phenoxy) is 2. The van der Waals surface area contributed by atoms with Crippen molar-refractivity contribution < 1.29 is 14.3 Å². The first-order chi connectivity index (χ1) is 6.72. The molecule has 0 radical (unpaired) electrons. The van der Waals surface area contributed by atoms with Crippen molar-refractivity contribution in [1.82, 2.24) is 0 Å². The molecule has 1 fully saturated rings. The number of fused-ring (bicyclic) bond motifs is 2. The molecule has 3 heteroatoms. The summed E-state index contributed by atoms with van der Waals surface area (Å²) in [4.78, 5) is 10.8. The van der Waals surface area contributed by atoms with Crippen LogP contribution in [0.4, 0.5) is 0 Å². The maximum Gasteiger partial charge on any atom is 0.302 e. The third kappa shape index (κ3) is 1.43. The van der Waals surface area contributed by atoms with Gasteiger partial charge in [-0.25, -0.2) is 0 Å². The summed E-state index contributed by atoms with van der Waals surface area (Å²) in [5.74, 6) is 0.445. The van der Waals surface area contributed by atoms with Gasteiger partial charge in [0.15, 0.2) is 0 Å². The molecule has 0 heterocycles. The van der Waals surface area contributed by atoms with E-state index in [2.05, 4.69) is 12.2 Å². The first-order valence-electron chi connectivity index (χ1n) is 4.80. The lowest BCUT2D eigenvalue weighted by atomic mass is 10.0. The molecule has 76 valence electrons. The Morgan fingerprint density at radius 3 is 3.00 bits per heavy atom. The fourth-order valence-corrected chi connectivity index (χ4v) is 2.31. The van der Waals surface area contributed by atoms with Gasteiger partial charge >= 0.3 is 5.97 Å². The lowest BCUT2D eigenvalue weighted by Gasteiger charge is -2.17. The fourth-order valence-electron chi connectivity index (χ4n) is 2.31. The Morgan fingerprint density at radius 2 is 2.36 bits per heavy atom. The van der Waals surface area contributed by atoms with Gasteiger partial charge in [-0.3, -0.25) is 4.79 Å². The Morgan fingerprint density at radius 1 is 1.57 bits per heavy atom. The van der Waals surface area contributed by atoms with Gasteiger partial charge in [-0.15, -0.1) is 0 Å². The van der Waals surface area contributed by atoms with E-state index in [1.165, 1.54) is 12.5 Å². The second kappa shape index (κ2) is 3.48. The van der Waals surface area contributed by atoms with Crippen LogP contribution in [0.1, 0.15) is 13.3 Å². The number of rotatable bonds is 2. The highest BCUT2D eigenvalue weighted by Crippen LogP contribution is 2.45. The van der Waals surface area contributed by atoms with Crippen molar-refractivity contribution in [3.8, 4) is 0 Å². The van der Waals surface area contributed by atoms with Crippen molar-refractivity contribution in [2.45, 2.75) is 19.4 Å². The summed E-state index contributed by atoms with van der Waals surface area (Å²) in [7, 11) is 1.64. The first-order valence-corrected chi connectivity index (χ1v) is 4.80. The van der Waals surface area contributed by atoms with Crippen LogP contribution in [0, 0.1) is 11.8 Å². The fraction of sp³-hybridized carbons (Fsp3) is 0.545. The zero-order valence-electron chi connectivity index (χ0n) is 8.40. The van der Waals surface area contributed by atoms with E-state index in [4.69, 9.17) is 9.47 Å². The van der Waals surface area contributed by atoms with Crippen molar-refractivity contribution in [2.24, 2.45) is 11.8 Å². The van der Waals surface area contributed by atoms with E-state index < -0.39 is 0 Å². The second-order valence-electron chi connectivity index (χ2n) is 3.75. The van der Waals surface area contributed by atoms with Crippen LogP contribution in [-0.2, 0) is 14.3 Å². The van der Waals surface area contributed by atoms with E-state index in [-0.39, 0.29) is 18.0 Å². The monoisotopic (exact) mass is 194 g/mol. The molecule has 2 aliphatic carbocycles. The predicted octanol–water partition coefficient (Wildman–Crippen LogP) is 1.65. The minimum Gasteiger partial charge on any atom is -0.504 e. The first kappa shape index (κ1) is 9.31. The highest BCUT2D eigenvalue weighted by Gasteiger charge is 2.42. The Kier molecular flexibility index (Phi) is 2.32. The molecule has 0 N–H and O–H groups in total. The molecule has 3 atom stereocenters. The Hall–Kier alpha value is -1.25. The van der Waals surface area contributed by atoms with Gasteiger partial charge in [0.05, 0.1) is 13.4 Å². The molecule has 0 aliphatic heterocycles. The van der Waals surface area contributed by atoms with Gasteiger partial charge in [0.25, 0.3) is 0 Å². The topological polar surface area (TPSA) is 35.5 Å². The molecular weight excluding hydrogens is 180 g/mol. The zero-order valence-corrected chi connectivity index (χ0v) is 8.40. The van der Waals surface area contributed by atoms with Gasteiger partial charge in [0, 0.05) is 18.8 Å². The molecule has 14 heavy (non-hydrogen) atoms. The summed E-state index contributed by atoms with van der Waals surface area (Å²) >= 11 is 0. The van der Waals surface area contributed by atoms with Crippen LogP contribution in [-0.4, -0.2) is 19.2 Å². The number of methoxy groups -OCH3 is 1. The Bertz CT molecular complexity index is 304. The molecule has 0 aromatic heterocycles. The molecule has 0 saturated heterocycles. The number of hydrogen-bond acceptors (Lipinski definition) is 3. The van der Waals surface area contributed by atoms with E-state index in [1.54, 1.807) is 13.4 Å². The standard InChI is InChI=1S/C11H14O3/c1-7(12)14-11-5-8-3-4-9(11)10(8)6-13-2/h3-4,6,8-9,11H,5H2,1-2H3/t8-,9-,11+/m1/s1. The quantitative estimate of drug-likeness (QED) is 0.381. The van der Waals surface area contributed by atoms with Crippen molar-refractivity contribution in [2.75, 3.05) is 7.11 Å². The number of carbonyl (C=O) groups excluding carboxylic acids is 1. The smallest absolute Gasteiger partial charge is 0.302 e. The average molecular weight is 194 g/mol. The van der Waals surface area contributed by atoms with E-state index in [1.807, 2.05) is 0 Å². The van der Waals surface area contributed by atoms with E-state index >= 15 is 0 Å². The Labute approximate surface area is 83.4 Å². The van der Waals surface area contributed by atoms with Crippen LogP contribution < -0.4 is 0 Å². The molecule has 1 saturated carbocycles. The molecule has 2 bridgehead atoms. The highest BCUT2D eigenvalue weighted by molar-refractivity contribution is 5.66. The molecule has 3 nitrogen and oxygen atoms in total. The summed E-state index contributed by atoms with van der Waals surface area (Å²) in [5, 5.41) is 0. The lowest BCUT2D eigenvalue weighted by Crippen LogP contribution is -2.20. The van der Waals surface area contributed by atoms with Gasteiger partial charge in [0.1, 0.15) is 6.10 Å². The van der Waals surface area contributed by atoms with Gasteiger partial charge in [-0.2, -0.15) is 0 Å². The van der Waals surface area contributed by atoms with Gasteiger partial charge in [-0.1, -0.05) is 12.2 Å². The van der Waals surface area contributed by atoms with Gasteiger partial charge in [-0.05, 0) is 12.0 Å². The lowest BCUT2D eigenvalue weighted by molar-refractivity contribution is -0.147. The maximum atomic E-state index is 10.8. The van der Waals surface area contributed by atoms with Crippen molar-refractivity contribution in [1.29, 1.82) is 0 Å². The van der Waals surface area contributed by atoms with Gasteiger partial charge < -0.3 is 9.47 Å². The van der Waals surface area contributed by atoms with E-state index in [0.717, 1.165) is 6.42 Å². The third-order valence-corrected chi connectivity index (χ3v) is 2.82. The average Bonchev–Trinajstić information content (AvgIpc) is 2.61. The molecule has 0 amide bonds.